The first-order valence-electron chi connectivity index (χ1n) is 7.19. The van der Waals surface area contributed by atoms with E-state index < -0.39 is 0 Å². The molecule has 0 N–H and O–H groups in total. The Kier molecular flexibility index (Phi) is 3.91. The lowest BCUT2D eigenvalue weighted by atomic mass is 9.89. The molecule has 0 unspecified atom stereocenters. The van der Waals surface area contributed by atoms with E-state index in [0.717, 1.165) is 32.8 Å². The Bertz CT molecular complexity index is 392. The van der Waals surface area contributed by atoms with Crippen LogP contribution in [0.1, 0.15) is 24.8 Å². The topological polar surface area (TPSA) is 34.8 Å². The molecular weight excluding hydrogens is 242 g/mol. The highest BCUT2D eigenvalue weighted by Gasteiger charge is 2.46. The van der Waals surface area contributed by atoms with Crippen molar-refractivity contribution in [1.82, 2.24) is 4.90 Å². The maximum atomic E-state index is 6.20. The summed E-state index contributed by atoms with van der Waals surface area (Å²) in [6, 6.07) is 2.05. The largest absolute Gasteiger partial charge is 0.472 e. The molecule has 1 aliphatic carbocycles. The lowest BCUT2D eigenvalue weighted by Gasteiger charge is -2.44. The number of rotatable bonds is 4. The van der Waals surface area contributed by atoms with Crippen molar-refractivity contribution in [2.24, 2.45) is 5.92 Å². The Labute approximate surface area is 114 Å². The van der Waals surface area contributed by atoms with Crippen LogP contribution in [-0.4, -0.2) is 43.9 Å². The number of hydrogen-bond acceptors (Lipinski definition) is 4. The Hall–Kier alpha value is -0.840. The molecular formula is C15H23NO3. The van der Waals surface area contributed by atoms with Crippen LogP contribution in [0.15, 0.2) is 23.0 Å². The van der Waals surface area contributed by atoms with Gasteiger partial charge in [-0.15, -0.1) is 0 Å². The zero-order valence-electron chi connectivity index (χ0n) is 11.6. The SMILES string of the molecule is COC[C@H]1CCC[C@]12CN(Cc1ccoc1)CCO2. The van der Waals surface area contributed by atoms with Crippen molar-refractivity contribution in [3.05, 3.63) is 24.2 Å². The summed E-state index contributed by atoms with van der Waals surface area (Å²) in [5, 5.41) is 0. The normalized spacial score (nSPS) is 32.2. The molecule has 0 aromatic carbocycles. The third-order valence-corrected chi connectivity index (χ3v) is 4.54. The van der Waals surface area contributed by atoms with Gasteiger partial charge in [0.25, 0.3) is 0 Å². The summed E-state index contributed by atoms with van der Waals surface area (Å²) in [7, 11) is 1.79. The van der Waals surface area contributed by atoms with Crippen molar-refractivity contribution in [1.29, 1.82) is 0 Å². The lowest BCUT2D eigenvalue weighted by Crippen LogP contribution is -2.54. The zero-order valence-corrected chi connectivity index (χ0v) is 11.6. The van der Waals surface area contributed by atoms with Crippen molar-refractivity contribution < 1.29 is 13.9 Å². The molecule has 1 saturated carbocycles. The van der Waals surface area contributed by atoms with Gasteiger partial charge in [-0.25, -0.2) is 0 Å². The van der Waals surface area contributed by atoms with Gasteiger partial charge in [-0.1, -0.05) is 6.42 Å². The van der Waals surface area contributed by atoms with Crippen LogP contribution in [-0.2, 0) is 16.0 Å². The summed E-state index contributed by atoms with van der Waals surface area (Å²) in [5.41, 5.74) is 1.27. The molecule has 3 rings (SSSR count). The summed E-state index contributed by atoms with van der Waals surface area (Å²) in [6.07, 6.45) is 7.24. The van der Waals surface area contributed by atoms with Gasteiger partial charge in [-0.2, -0.15) is 0 Å². The van der Waals surface area contributed by atoms with Crippen LogP contribution >= 0.6 is 0 Å². The van der Waals surface area contributed by atoms with Crippen LogP contribution in [0.2, 0.25) is 0 Å². The monoisotopic (exact) mass is 265 g/mol. The molecule has 106 valence electrons. The van der Waals surface area contributed by atoms with Gasteiger partial charge in [0.2, 0.25) is 0 Å². The van der Waals surface area contributed by atoms with E-state index in [-0.39, 0.29) is 5.60 Å². The second-order valence-electron chi connectivity index (χ2n) is 5.80. The predicted octanol–water partition coefficient (Wildman–Crippen LogP) is 2.30. The molecule has 0 amide bonds. The first-order valence-corrected chi connectivity index (χ1v) is 7.19. The second kappa shape index (κ2) is 5.65. The van der Waals surface area contributed by atoms with E-state index in [1.807, 2.05) is 12.3 Å². The van der Waals surface area contributed by atoms with E-state index in [2.05, 4.69) is 4.90 Å². The molecule has 0 bridgehead atoms. The fourth-order valence-electron chi connectivity index (χ4n) is 3.61. The molecule has 1 aliphatic heterocycles. The van der Waals surface area contributed by atoms with Gasteiger partial charge < -0.3 is 13.9 Å². The number of furan rings is 1. The standard InChI is InChI=1S/C15H23NO3/c1-17-11-14-3-2-5-15(14)12-16(6-8-19-15)9-13-4-7-18-10-13/h4,7,10,14H,2-3,5-6,8-9,11-12H2,1H3/t14-,15+/m1/s1. The first kappa shape index (κ1) is 13.2. The number of ether oxygens (including phenoxy) is 2. The molecule has 1 aromatic rings. The average Bonchev–Trinajstić information content (AvgIpc) is 3.02. The molecule has 4 nitrogen and oxygen atoms in total. The zero-order chi connectivity index (χ0) is 13.1. The predicted molar refractivity (Wildman–Crippen MR) is 71.9 cm³/mol. The highest BCUT2D eigenvalue weighted by molar-refractivity contribution is 5.06. The van der Waals surface area contributed by atoms with Crippen molar-refractivity contribution in [2.75, 3.05) is 33.4 Å². The van der Waals surface area contributed by atoms with E-state index in [1.165, 1.54) is 24.8 Å². The lowest BCUT2D eigenvalue weighted by molar-refractivity contribution is -0.141. The summed E-state index contributed by atoms with van der Waals surface area (Å²) in [5.74, 6) is 0.546. The van der Waals surface area contributed by atoms with Crippen LogP contribution in [0.3, 0.4) is 0 Å². The van der Waals surface area contributed by atoms with Gasteiger partial charge in [-0.05, 0) is 18.9 Å². The van der Waals surface area contributed by atoms with Gasteiger partial charge in [0, 0.05) is 38.2 Å². The molecule has 1 aromatic heterocycles. The van der Waals surface area contributed by atoms with Gasteiger partial charge in [-0.3, -0.25) is 4.90 Å². The summed E-state index contributed by atoms with van der Waals surface area (Å²) < 4.78 is 16.7. The number of nitrogens with zero attached hydrogens (tertiary/aromatic N) is 1. The van der Waals surface area contributed by atoms with Crippen LogP contribution in [0, 0.1) is 5.92 Å². The Morgan fingerprint density at radius 2 is 2.47 bits per heavy atom. The minimum absolute atomic E-state index is 0.0258. The van der Waals surface area contributed by atoms with Crippen LogP contribution in [0.5, 0.6) is 0 Å². The minimum Gasteiger partial charge on any atom is -0.472 e. The summed E-state index contributed by atoms with van der Waals surface area (Å²) >= 11 is 0. The highest BCUT2D eigenvalue weighted by Crippen LogP contribution is 2.41. The highest BCUT2D eigenvalue weighted by atomic mass is 16.5. The van der Waals surface area contributed by atoms with Crippen LogP contribution in [0.25, 0.3) is 0 Å². The molecule has 1 saturated heterocycles. The maximum absolute atomic E-state index is 6.20. The molecule has 2 fully saturated rings. The van der Waals surface area contributed by atoms with Crippen molar-refractivity contribution >= 4 is 0 Å². The van der Waals surface area contributed by atoms with E-state index in [4.69, 9.17) is 13.9 Å². The number of hydrogen-bond donors (Lipinski definition) is 0. The fraction of sp³-hybridized carbons (Fsp3) is 0.733. The quantitative estimate of drug-likeness (QED) is 0.836. The third kappa shape index (κ3) is 2.71. The second-order valence-corrected chi connectivity index (χ2v) is 5.80. The smallest absolute Gasteiger partial charge is 0.0947 e. The van der Waals surface area contributed by atoms with Crippen molar-refractivity contribution in [2.45, 2.75) is 31.4 Å². The molecule has 19 heavy (non-hydrogen) atoms. The molecule has 2 aliphatic rings. The van der Waals surface area contributed by atoms with E-state index in [1.54, 1.807) is 13.4 Å². The Morgan fingerprint density at radius 1 is 1.53 bits per heavy atom. The molecule has 2 heterocycles. The molecule has 2 atom stereocenters. The first-order chi connectivity index (χ1) is 9.32. The van der Waals surface area contributed by atoms with Crippen LogP contribution < -0.4 is 0 Å². The maximum Gasteiger partial charge on any atom is 0.0947 e. The summed E-state index contributed by atoms with van der Waals surface area (Å²) in [4.78, 5) is 2.49. The number of morpholine rings is 1. The van der Waals surface area contributed by atoms with Gasteiger partial charge in [0.05, 0.1) is 31.3 Å². The molecule has 0 radical (unpaired) electrons. The van der Waals surface area contributed by atoms with Gasteiger partial charge >= 0.3 is 0 Å². The van der Waals surface area contributed by atoms with Gasteiger partial charge in [0.15, 0.2) is 0 Å². The van der Waals surface area contributed by atoms with Crippen molar-refractivity contribution in [3.8, 4) is 0 Å². The van der Waals surface area contributed by atoms with Crippen LogP contribution in [0.4, 0.5) is 0 Å². The molecule has 1 spiro atoms. The Morgan fingerprint density at radius 3 is 3.26 bits per heavy atom. The third-order valence-electron chi connectivity index (χ3n) is 4.54. The van der Waals surface area contributed by atoms with E-state index in [0.29, 0.717) is 5.92 Å². The Balaban J connectivity index is 1.66. The summed E-state index contributed by atoms with van der Waals surface area (Å²) in [6.45, 7) is 4.64. The van der Waals surface area contributed by atoms with E-state index >= 15 is 0 Å². The van der Waals surface area contributed by atoms with E-state index in [9.17, 15) is 0 Å². The van der Waals surface area contributed by atoms with Crippen molar-refractivity contribution in [3.63, 3.8) is 0 Å². The average molecular weight is 265 g/mol. The van der Waals surface area contributed by atoms with Gasteiger partial charge in [0.1, 0.15) is 0 Å². The number of methoxy groups -OCH3 is 1. The minimum atomic E-state index is 0.0258. The molecule has 4 heteroatoms. The fourth-order valence-corrected chi connectivity index (χ4v) is 3.61.